The van der Waals surface area contributed by atoms with Crippen molar-refractivity contribution < 1.29 is 33.3 Å². The summed E-state index contributed by atoms with van der Waals surface area (Å²) in [6.45, 7) is 0. The Kier molecular flexibility index (Phi) is 4.07. The molecule has 0 aromatic carbocycles. The number of aromatic nitrogens is 1. The predicted octanol–water partition coefficient (Wildman–Crippen LogP) is -2.19. The van der Waals surface area contributed by atoms with Crippen LogP contribution in [0, 0.1) is 0 Å². The van der Waals surface area contributed by atoms with E-state index in [-0.39, 0.29) is 35.9 Å². The van der Waals surface area contributed by atoms with Crippen LogP contribution in [0.5, 0.6) is 0 Å². The van der Waals surface area contributed by atoms with Crippen LogP contribution in [0.4, 0.5) is 0 Å². The molecule has 82 valence electrons. The highest BCUT2D eigenvalue weighted by Crippen LogP contribution is 2.30. The Morgan fingerprint density at radius 3 is 2.80 bits per heavy atom. The number of hydrogen-bond acceptors (Lipinski definition) is 1. The van der Waals surface area contributed by atoms with Gasteiger partial charge in [-0.3, -0.25) is 4.79 Å². The molecule has 1 atom stereocenters. The lowest BCUT2D eigenvalue weighted by atomic mass is 10.1. The number of carbonyl (C=O) groups is 1. The third-order valence-electron chi connectivity index (χ3n) is 2.84. The Hall–Kier alpha value is -0.650. The third kappa shape index (κ3) is 2.48. The third-order valence-corrected chi connectivity index (χ3v) is 2.84. The first-order valence-corrected chi connectivity index (χ1v) is 4.89. The zero-order valence-electron chi connectivity index (χ0n) is 8.98. The lowest BCUT2D eigenvalue weighted by Crippen LogP contribution is -3.00. The summed E-state index contributed by atoms with van der Waals surface area (Å²) in [6.07, 6.45) is 5.71. The van der Waals surface area contributed by atoms with Crippen molar-refractivity contribution in [3.05, 3.63) is 30.1 Å². The van der Waals surface area contributed by atoms with Crippen LogP contribution in [0.2, 0.25) is 0 Å². The zero-order chi connectivity index (χ0) is 10.1. The van der Waals surface area contributed by atoms with E-state index in [0.717, 1.165) is 6.42 Å². The number of aryl methyl sites for hydroxylation is 1. The van der Waals surface area contributed by atoms with Gasteiger partial charge in [-0.15, -0.1) is 0 Å². The number of nitrogens with zero attached hydrogens (tertiary/aromatic N) is 2. The maximum Gasteiger partial charge on any atom is 0.222 e. The van der Waals surface area contributed by atoms with Crippen LogP contribution >= 0.6 is 0 Å². The van der Waals surface area contributed by atoms with Gasteiger partial charge in [0.2, 0.25) is 5.91 Å². The Labute approximate surface area is 107 Å². The van der Waals surface area contributed by atoms with Crippen LogP contribution in [-0.2, 0) is 11.8 Å². The number of carbonyl (C=O) groups excluding carboxylic acids is 1. The highest BCUT2D eigenvalue weighted by molar-refractivity contribution is 5.78. The topological polar surface area (TPSA) is 24.2 Å². The van der Waals surface area contributed by atoms with E-state index in [9.17, 15) is 4.79 Å². The summed E-state index contributed by atoms with van der Waals surface area (Å²) in [4.78, 5) is 13.2. The molecule has 4 heteroatoms. The molecule has 1 saturated heterocycles. The minimum atomic E-state index is 0. The van der Waals surface area contributed by atoms with Crippen molar-refractivity contribution in [1.29, 1.82) is 0 Å². The second-order valence-corrected chi connectivity index (χ2v) is 3.86. The monoisotopic (exact) mass is 318 g/mol. The lowest BCUT2D eigenvalue weighted by molar-refractivity contribution is -0.672. The first-order valence-electron chi connectivity index (χ1n) is 4.89. The van der Waals surface area contributed by atoms with Gasteiger partial charge in [0, 0.05) is 25.1 Å². The van der Waals surface area contributed by atoms with E-state index in [4.69, 9.17) is 0 Å². The van der Waals surface area contributed by atoms with Crippen molar-refractivity contribution in [2.75, 3.05) is 7.05 Å². The van der Waals surface area contributed by atoms with E-state index in [1.54, 1.807) is 0 Å². The van der Waals surface area contributed by atoms with Gasteiger partial charge < -0.3 is 28.9 Å². The molecule has 1 aliphatic heterocycles. The molecule has 0 saturated carbocycles. The van der Waals surface area contributed by atoms with E-state index in [1.807, 2.05) is 35.8 Å². The van der Waals surface area contributed by atoms with Gasteiger partial charge in [-0.1, -0.05) is 0 Å². The minimum absolute atomic E-state index is 0. The van der Waals surface area contributed by atoms with Gasteiger partial charge in [-0.2, -0.15) is 0 Å². The molecule has 1 fully saturated rings. The molecule has 15 heavy (non-hydrogen) atoms. The number of rotatable bonds is 1. The van der Waals surface area contributed by atoms with E-state index >= 15 is 0 Å². The lowest BCUT2D eigenvalue weighted by Gasteiger charge is -2.18. The van der Waals surface area contributed by atoms with Crippen molar-refractivity contribution in [1.82, 2.24) is 4.90 Å². The molecule has 0 bridgehead atoms. The number of hydrogen-bond donors (Lipinski definition) is 0. The normalized spacial score (nSPS) is 20.3. The molecule has 1 aromatic rings. The summed E-state index contributed by atoms with van der Waals surface area (Å²) in [5.74, 6) is 0.251. The van der Waals surface area contributed by atoms with Crippen LogP contribution in [0.15, 0.2) is 24.5 Å². The van der Waals surface area contributed by atoms with Gasteiger partial charge in [0.05, 0.1) is 6.04 Å². The SMILES string of the molecule is CN1C(=O)CC[C@H]1c1ccc[n+](C)c1.[I-]. The molecule has 0 unspecified atom stereocenters. The average molecular weight is 318 g/mol. The van der Waals surface area contributed by atoms with Crippen molar-refractivity contribution in [2.24, 2.45) is 7.05 Å². The largest absolute Gasteiger partial charge is 1.00 e. The molecule has 2 heterocycles. The van der Waals surface area contributed by atoms with Crippen LogP contribution in [0.3, 0.4) is 0 Å². The van der Waals surface area contributed by atoms with E-state index in [0.29, 0.717) is 6.42 Å². The van der Waals surface area contributed by atoms with Crippen LogP contribution in [0.25, 0.3) is 0 Å². The fourth-order valence-corrected chi connectivity index (χ4v) is 2.00. The van der Waals surface area contributed by atoms with E-state index in [2.05, 4.69) is 12.3 Å². The first-order chi connectivity index (χ1) is 6.68. The Balaban J connectivity index is 0.00000112. The maximum atomic E-state index is 11.4. The molecule has 1 aliphatic rings. The van der Waals surface area contributed by atoms with Crippen molar-refractivity contribution >= 4 is 5.91 Å². The smallest absolute Gasteiger partial charge is 0.222 e. The Morgan fingerprint density at radius 1 is 1.53 bits per heavy atom. The molecule has 0 spiro atoms. The number of likely N-dealkylation sites (tertiary alicyclic amines) is 1. The van der Waals surface area contributed by atoms with Crippen LogP contribution in [0.1, 0.15) is 24.4 Å². The molecule has 0 radical (unpaired) electrons. The fraction of sp³-hybridized carbons (Fsp3) is 0.455. The number of amides is 1. The zero-order valence-corrected chi connectivity index (χ0v) is 11.1. The standard InChI is InChI=1S/C11H15N2O.HI/c1-12-7-3-4-9(8-12)10-5-6-11(14)13(10)2;/h3-4,7-8,10H,5-6H2,1-2H3;1H/q+1;/p-1/t10-;/m0./s1. The summed E-state index contributed by atoms with van der Waals surface area (Å²) >= 11 is 0. The molecule has 1 aromatic heterocycles. The average Bonchev–Trinajstić information content (AvgIpc) is 2.48. The quantitative estimate of drug-likeness (QED) is 0.426. The number of halogens is 1. The van der Waals surface area contributed by atoms with Crippen molar-refractivity contribution in [3.63, 3.8) is 0 Å². The summed E-state index contributed by atoms with van der Waals surface area (Å²) in [6, 6.07) is 4.38. The summed E-state index contributed by atoms with van der Waals surface area (Å²) in [7, 11) is 3.88. The predicted molar refractivity (Wildman–Crippen MR) is 52.4 cm³/mol. The molecule has 0 aliphatic carbocycles. The second kappa shape index (κ2) is 4.92. The van der Waals surface area contributed by atoms with Crippen molar-refractivity contribution in [2.45, 2.75) is 18.9 Å². The van der Waals surface area contributed by atoms with Crippen molar-refractivity contribution in [3.8, 4) is 0 Å². The van der Waals surface area contributed by atoms with Crippen LogP contribution in [-0.4, -0.2) is 17.9 Å². The van der Waals surface area contributed by atoms with E-state index in [1.165, 1.54) is 5.56 Å². The van der Waals surface area contributed by atoms with Gasteiger partial charge in [0.15, 0.2) is 12.4 Å². The number of pyridine rings is 1. The Bertz CT molecular complexity index is 367. The van der Waals surface area contributed by atoms with Gasteiger partial charge in [0.1, 0.15) is 7.05 Å². The highest BCUT2D eigenvalue weighted by atomic mass is 127. The maximum absolute atomic E-state index is 11.4. The van der Waals surface area contributed by atoms with Gasteiger partial charge in [0.25, 0.3) is 0 Å². The molecule has 1 amide bonds. The van der Waals surface area contributed by atoms with Gasteiger partial charge in [-0.05, 0) is 12.5 Å². The minimum Gasteiger partial charge on any atom is -1.00 e. The first kappa shape index (κ1) is 12.4. The summed E-state index contributed by atoms with van der Waals surface area (Å²) in [5, 5.41) is 0. The highest BCUT2D eigenvalue weighted by Gasteiger charge is 2.29. The fourth-order valence-electron chi connectivity index (χ4n) is 2.00. The van der Waals surface area contributed by atoms with E-state index < -0.39 is 0 Å². The molecule has 2 rings (SSSR count). The molecule has 0 N–H and O–H groups in total. The summed E-state index contributed by atoms with van der Waals surface area (Å²) < 4.78 is 2.02. The van der Waals surface area contributed by atoms with Crippen LogP contribution < -0.4 is 28.5 Å². The van der Waals surface area contributed by atoms with Gasteiger partial charge in [-0.25, -0.2) is 4.57 Å². The second-order valence-electron chi connectivity index (χ2n) is 3.86. The van der Waals surface area contributed by atoms with Gasteiger partial charge >= 0.3 is 0 Å². The Morgan fingerprint density at radius 2 is 2.27 bits per heavy atom. The molecular formula is C11H15IN2O. The summed E-state index contributed by atoms with van der Waals surface area (Å²) in [5.41, 5.74) is 1.23. The molecular weight excluding hydrogens is 303 g/mol. The molecule has 3 nitrogen and oxygen atoms in total.